The number of hydrogen-bond donors (Lipinski definition) is 1. The molecule has 0 saturated carbocycles. The van der Waals surface area contributed by atoms with E-state index in [1.54, 1.807) is 61.3 Å². The summed E-state index contributed by atoms with van der Waals surface area (Å²) < 4.78 is 10.5. The molecule has 0 spiro atoms. The van der Waals surface area contributed by atoms with Crippen LogP contribution in [-0.4, -0.2) is 39.4 Å². The van der Waals surface area contributed by atoms with Crippen LogP contribution in [0.15, 0.2) is 80.6 Å². The molecule has 3 aromatic rings. The van der Waals surface area contributed by atoms with Crippen LogP contribution in [0.25, 0.3) is 6.08 Å². The maximum absolute atomic E-state index is 13.1. The van der Waals surface area contributed by atoms with E-state index >= 15 is 0 Å². The van der Waals surface area contributed by atoms with E-state index in [0.29, 0.717) is 27.1 Å². The number of phenols is 1. The third-order valence-electron chi connectivity index (χ3n) is 4.32. The minimum atomic E-state index is -0.219. The van der Waals surface area contributed by atoms with Crippen molar-refractivity contribution in [1.82, 2.24) is 9.88 Å². The Balaban J connectivity index is 1.63. The second-order valence-corrected chi connectivity index (χ2v) is 7.44. The van der Waals surface area contributed by atoms with Gasteiger partial charge in [0.25, 0.3) is 5.91 Å². The second kappa shape index (κ2) is 9.31. The van der Waals surface area contributed by atoms with Crippen molar-refractivity contribution in [3.05, 3.63) is 82.9 Å². The maximum atomic E-state index is 13.1. The van der Waals surface area contributed by atoms with Crippen LogP contribution >= 0.6 is 11.8 Å². The van der Waals surface area contributed by atoms with E-state index in [1.807, 2.05) is 6.07 Å². The number of aromatic hydroxyl groups is 1. The quantitative estimate of drug-likeness (QED) is 0.359. The van der Waals surface area contributed by atoms with Crippen molar-refractivity contribution < 1.29 is 19.1 Å². The summed E-state index contributed by atoms with van der Waals surface area (Å²) in [5, 5.41) is 18.6. The number of amides is 1. The highest BCUT2D eigenvalue weighted by Gasteiger charge is 2.34. The maximum Gasteiger partial charge on any atom is 0.267 e. The topological polar surface area (TPSA) is 101 Å². The highest BCUT2D eigenvalue weighted by Crippen LogP contribution is 2.35. The zero-order valence-corrected chi connectivity index (χ0v) is 17.3. The molecule has 31 heavy (non-hydrogen) atoms. The number of amidine groups is 1. The molecule has 4 rings (SSSR count). The van der Waals surface area contributed by atoms with E-state index in [9.17, 15) is 9.90 Å². The number of phenolic OH excluding ortho intramolecular Hbond substituents is 1. The van der Waals surface area contributed by atoms with Crippen molar-refractivity contribution in [3.8, 4) is 11.5 Å². The lowest BCUT2D eigenvalue weighted by Gasteiger charge is -2.12. The first kappa shape index (κ1) is 20.4. The predicted octanol–water partition coefficient (Wildman–Crippen LogP) is 3.90. The van der Waals surface area contributed by atoms with Gasteiger partial charge in [-0.3, -0.25) is 14.7 Å². The second-order valence-electron chi connectivity index (χ2n) is 6.43. The van der Waals surface area contributed by atoms with Crippen molar-refractivity contribution >= 4 is 35.1 Å². The molecule has 9 heteroatoms. The van der Waals surface area contributed by atoms with Gasteiger partial charge in [-0.1, -0.05) is 12.1 Å². The molecule has 1 amide bonds. The Kier molecular flexibility index (Phi) is 6.13. The number of aromatic nitrogens is 1. The summed E-state index contributed by atoms with van der Waals surface area (Å²) in [5.74, 6) is 0.767. The van der Waals surface area contributed by atoms with Gasteiger partial charge in [-0.2, -0.15) is 5.10 Å². The third kappa shape index (κ3) is 4.84. The van der Waals surface area contributed by atoms with Gasteiger partial charge in [-0.15, -0.1) is 5.10 Å². The van der Waals surface area contributed by atoms with Gasteiger partial charge in [0.2, 0.25) is 0 Å². The highest BCUT2D eigenvalue weighted by molar-refractivity contribution is 8.18. The smallest absolute Gasteiger partial charge is 0.267 e. The Morgan fingerprint density at radius 3 is 2.90 bits per heavy atom. The van der Waals surface area contributed by atoms with Crippen LogP contribution in [0.3, 0.4) is 0 Å². The number of pyridine rings is 1. The Hall–Kier alpha value is -3.85. The first-order valence-electron chi connectivity index (χ1n) is 9.26. The van der Waals surface area contributed by atoms with Gasteiger partial charge in [0.15, 0.2) is 16.7 Å². The SMILES string of the molecule is COc1cc(/C=C2\S/C(=N\N=C\c3cccnc3)N(Cc3ccco3)C2=O)ccc1O. The van der Waals surface area contributed by atoms with Crippen LogP contribution in [0.1, 0.15) is 16.9 Å². The molecule has 3 heterocycles. The van der Waals surface area contributed by atoms with Crippen molar-refractivity contribution in [2.75, 3.05) is 7.11 Å². The molecular weight excluding hydrogens is 416 g/mol. The lowest BCUT2D eigenvalue weighted by molar-refractivity contribution is -0.122. The Morgan fingerprint density at radius 1 is 1.26 bits per heavy atom. The molecule has 1 aromatic carbocycles. The number of hydrogen-bond acceptors (Lipinski definition) is 8. The van der Waals surface area contributed by atoms with Gasteiger partial charge in [0, 0.05) is 18.0 Å². The van der Waals surface area contributed by atoms with E-state index in [4.69, 9.17) is 9.15 Å². The Labute approximate surface area is 182 Å². The zero-order valence-electron chi connectivity index (χ0n) is 16.5. The molecule has 0 aliphatic carbocycles. The summed E-state index contributed by atoms with van der Waals surface area (Å²) in [4.78, 5) is 19.1. The predicted molar refractivity (Wildman–Crippen MR) is 119 cm³/mol. The van der Waals surface area contributed by atoms with Gasteiger partial charge in [0.05, 0.1) is 31.0 Å². The minimum absolute atomic E-state index is 0.0292. The molecular formula is C22H18N4O4S. The van der Waals surface area contributed by atoms with Crippen LogP contribution in [0.4, 0.5) is 0 Å². The number of thioether (sulfide) groups is 1. The number of carbonyl (C=O) groups excluding carboxylic acids is 1. The molecule has 1 N–H and O–H groups in total. The average Bonchev–Trinajstić information content (AvgIpc) is 3.40. The summed E-state index contributed by atoms with van der Waals surface area (Å²) in [5.41, 5.74) is 1.51. The van der Waals surface area contributed by atoms with Crippen LogP contribution in [-0.2, 0) is 11.3 Å². The van der Waals surface area contributed by atoms with Gasteiger partial charge in [-0.25, -0.2) is 0 Å². The van der Waals surface area contributed by atoms with E-state index in [1.165, 1.54) is 29.8 Å². The monoisotopic (exact) mass is 434 g/mol. The van der Waals surface area contributed by atoms with Crippen molar-refractivity contribution in [2.45, 2.75) is 6.54 Å². The molecule has 0 bridgehead atoms. The first-order chi connectivity index (χ1) is 15.1. The normalized spacial score (nSPS) is 16.7. The minimum Gasteiger partial charge on any atom is -0.504 e. The molecule has 156 valence electrons. The molecule has 0 atom stereocenters. The Bertz CT molecular complexity index is 1160. The lowest BCUT2D eigenvalue weighted by atomic mass is 10.2. The summed E-state index contributed by atoms with van der Waals surface area (Å²) in [7, 11) is 1.47. The van der Waals surface area contributed by atoms with Crippen LogP contribution in [0, 0.1) is 0 Å². The number of ether oxygens (including phenoxy) is 1. The van der Waals surface area contributed by atoms with Gasteiger partial charge < -0.3 is 14.3 Å². The number of benzene rings is 1. The Morgan fingerprint density at radius 2 is 2.16 bits per heavy atom. The molecule has 0 radical (unpaired) electrons. The molecule has 1 aliphatic heterocycles. The molecule has 1 aliphatic rings. The van der Waals surface area contributed by atoms with E-state index in [-0.39, 0.29) is 18.2 Å². The fourth-order valence-corrected chi connectivity index (χ4v) is 3.75. The third-order valence-corrected chi connectivity index (χ3v) is 5.32. The van der Waals surface area contributed by atoms with Crippen molar-refractivity contribution in [3.63, 3.8) is 0 Å². The van der Waals surface area contributed by atoms with Crippen molar-refractivity contribution in [1.29, 1.82) is 0 Å². The molecule has 2 aromatic heterocycles. The van der Waals surface area contributed by atoms with E-state index < -0.39 is 0 Å². The zero-order chi connectivity index (χ0) is 21.6. The van der Waals surface area contributed by atoms with Crippen LogP contribution in [0.5, 0.6) is 11.5 Å². The summed E-state index contributed by atoms with van der Waals surface area (Å²) in [6.45, 7) is 0.232. The van der Waals surface area contributed by atoms with Crippen LogP contribution < -0.4 is 4.74 Å². The molecule has 1 saturated heterocycles. The fraction of sp³-hybridized carbons (Fsp3) is 0.0909. The number of carbonyl (C=O) groups is 1. The van der Waals surface area contributed by atoms with Gasteiger partial charge >= 0.3 is 0 Å². The van der Waals surface area contributed by atoms with Crippen molar-refractivity contribution in [2.24, 2.45) is 10.2 Å². The largest absolute Gasteiger partial charge is 0.504 e. The standard InChI is InChI=1S/C22H18N4O4S/c1-29-19-10-15(6-7-18(19)27)11-20-21(28)26(14-17-5-3-9-30-17)22(31-20)25-24-13-16-4-2-8-23-12-16/h2-13,27H,14H2,1H3/b20-11-,24-13+,25-22-. The highest BCUT2D eigenvalue weighted by atomic mass is 32.2. The lowest BCUT2D eigenvalue weighted by Crippen LogP contribution is -2.28. The fourth-order valence-electron chi connectivity index (χ4n) is 2.81. The van der Waals surface area contributed by atoms with Gasteiger partial charge in [0.1, 0.15) is 5.76 Å². The number of furan rings is 1. The first-order valence-corrected chi connectivity index (χ1v) is 10.1. The summed E-state index contributed by atoms with van der Waals surface area (Å²) >= 11 is 1.21. The summed E-state index contributed by atoms with van der Waals surface area (Å²) in [6.07, 6.45) is 8.19. The summed E-state index contributed by atoms with van der Waals surface area (Å²) in [6, 6.07) is 12.1. The van der Waals surface area contributed by atoms with E-state index in [2.05, 4.69) is 15.2 Å². The molecule has 1 fully saturated rings. The molecule has 8 nitrogen and oxygen atoms in total. The molecule has 0 unspecified atom stereocenters. The van der Waals surface area contributed by atoms with E-state index in [0.717, 1.165) is 5.56 Å². The number of rotatable bonds is 6. The number of nitrogens with zero attached hydrogens (tertiary/aromatic N) is 4. The number of methoxy groups -OCH3 is 1. The van der Waals surface area contributed by atoms with Gasteiger partial charge in [-0.05, 0) is 53.7 Å². The average molecular weight is 434 g/mol. The van der Waals surface area contributed by atoms with Crippen LogP contribution in [0.2, 0.25) is 0 Å².